The van der Waals surface area contributed by atoms with Crippen LogP contribution in [0.4, 0.5) is 0 Å². The predicted molar refractivity (Wildman–Crippen MR) is 194 cm³/mol. The summed E-state index contributed by atoms with van der Waals surface area (Å²) in [7, 11) is -2.60. The van der Waals surface area contributed by atoms with Crippen LogP contribution in [0, 0.1) is 0 Å². The van der Waals surface area contributed by atoms with Gasteiger partial charge in [-0.3, -0.25) is 18.9 Å². The first-order chi connectivity index (χ1) is 23.8. The molecule has 0 bridgehead atoms. The van der Waals surface area contributed by atoms with Crippen molar-refractivity contribution >= 4 is 56.7 Å². The van der Waals surface area contributed by atoms with E-state index >= 15 is 0 Å². The first-order valence-corrected chi connectivity index (χ1v) is 18.0. The van der Waals surface area contributed by atoms with Crippen molar-refractivity contribution in [2.45, 2.75) is 0 Å². The number of fused-ring (bicyclic) bond motifs is 8. The molecule has 5 aromatic carbocycles. The summed E-state index contributed by atoms with van der Waals surface area (Å²) in [6, 6.07) is 51.3. The molecule has 1 aliphatic rings. The van der Waals surface area contributed by atoms with Crippen LogP contribution in [0.1, 0.15) is 0 Å². The molecule has 0 radical (unpaired) electrons. The fraction of sp³-hybridized carbons (Fsp3) is 0. The molecule has 0 amide bonds. The van der Waals surface area contributed by atoms with E-state index in [4.69, 9.17) is 14.7 Å². The van der Waals surface area contributed by atoms with E-state index in [1.54, 1.807) is 6.20 Å². The van der Waals surface area contributed by atoms with Gasteiger partial charge in [-0.15, -0.1) is 0 Å². The van der Waals surface area contributed by atoms with Crippen molar-refractivity contribution < 1.29 is 4.74 Å². The average Bonchev–Trinajstić information content (AvgIpc) is 3.78. The molecular formula is C41H27N5OSi. The first kappa shape index (κ1) is 26.9. The molecule has 226 valence electrons. The number of pyridine rings is 2. The third-order valence-electron chi connectivity index (χ3n) is 9.57. The summed E-state index contributed by atoms with van der Waals surface area (Å²) in [6.45, 7) is 0. The molecule has 0 N–H and O–H groups in total. The van der Waals surface area contributed by atoms with Gasteiger partial charge in [0, 0.05) is 17.8 Å². The topological polar surface area (TPSA) is 57.2 Å². The fourth-order valence-corrected chi connectivity index (χ4v) is 12.8. The molecule has 0 unspecified atom stereocenters. The van der Waals surface area contributed by atoms with Crippen LogP contribution in [0.3, 0.4) is 0 Å². The van der Waals surface area contributed by atoms with Gasteiger partial charge in [0.15, 0.2) is 8.07 Å². The van der Waals surface area contributed by atoms with Crippen molar-refractivity contribution in [3.63, 3.8) is 0 Å². The van der Waals surface area contributed by atoms with Gasteiger partial charge >= 0.3 is 0 Å². The molecule has 1 aliphatic heterocycles. The molecule has 0 spiro atoms. The van der Waals surface area contributed by atoms with Crippen molar-refractivity contribution in [2.75, 3.05) is 0 Å². The van der Waals surface area contributed by atoms with Gasteiger partial charge in [-0.1, -0.05) is 97.1 Å². The lowest BCUT2D eigenvalue weighted by molar-refractivity contribution is 0.480. The molecule has 6 nitrogen and oxygen atoms in total. The number of hydrogen-bond acceptors (Lipinski definition) is 4. The van der Waals surface area contributed by atoms with Gasteiger partial charge in [0.1, 0.15) is 11.5 Å². The Morgan fingerprint density at radius 1 is 0.562 bits per heavy atom. The van der Waals surface area contributed by atoms with E-state index < -0.39 is 8.07 Å². The van der Waals surface area contributed by atoms with Crippen molar-refractivity contribution in [1.29, 1.82) is 0 Å². The summed E-state index contributed by atoms with van der Waals surface area (Å²) in [6.07, 6.45) is 5.52. The number of nitrogens with zero attached hydrogens (tertiary/aromatic N) is 5. The Morgan fingerprint density at radius 2 is 1.27 bits per heavy atom. The lowest BCUT2D eigenvalue weighted by atomic mass is 10.1. The number of hydrogen-bond donors (Lipinski definition) is 0. The molecule has 7 heteroatoms. The predicted octanol–water partition coefficient (Wildman–Crippen LogP) is 6.37. The maximum Gasteiger partial charge on any atom is 0.220 e. The van der Waals surface area contributed by atoms with Crippen LogP contribution in [0.5, 0.6) is 11.5 Å². The molecule has 5 heterocycles. The van der Waals surface area contributed by atoms with Crippen LogP contribution in [0.2, 0.25) is 0 Å². The molecule has 9 aromatic rings. The molecule has 0 aliphatic carbocycles. The second-order valence-electron chi connectivity index (χ2n) is 12.1. The Hall–Kier alpha value is -6.31. The molecule has 10 rings (SSSR count). The van der Waals surface area contributed by atoms with E-state index in [-0.39, 0.29) is 0 Å². The minimum absolute atomic E-state index is 0.647. The second-order valence-corrected chi connectivity index (χ2v) is 15.9. The third kappa shape index (κ3) is 3.76. The Kier molecular flexibility index (Phi) is 5.79. The number of rotatable bonds is 5. The Bertz CT molecular complexity index is 2620. The number of benzene rings is 5. The quantitative estimate of drug-likeness (QED) is 0.207. The third-order valence-corrected chi connectivity index (χ3v) is 14.4. The molecule has 0 saturated heterocycles. The second kappa shape index (κ2) is 10.4. The molecule has 4 aromatic heterocycles. The van der Waals surface area contributed by atoms with E-state index in [9.17, 15) is 0 Å². The zero-order valence-corrected chi connectivity index (χ0v) is 26.7. The first-order valence-electron chi connectivity index (χ1n) is 16.0. The van der Waals surface area contributed by atoms with Crippen molar-refractivity contribution in [3.8, 4) is 28.4 Å². The van der Waals surface area contributed by atoms with Gasteiger partial charge in [-0.25, -0.2) is 4.98 Å². The summed E-state index contributed by atoms with van der Waals surface area (Å²) in [5.41, 5.74) is 7.17. The van der Waals surface area contributed by atoms with Gasteiger partial charge in [-0.2, -0.15) is 0 Å². The highest BCUT2D eigenvalue weighted by molar-refractivity contribution is 7.22. The maximum atomic E-state index is 6.60. The van der Waals surface area contributed by atoms with Gasteiger partial charge in [0.05, 0.1) is 45.8 Å². The fourth-order valence-electron chi connectivity index (χ4n) is 7.67. The van der Waals surface area contributed by atoms with E-state index in [0.717, 1.165) is 50.5 Å². The van der Waals surface area contributed by atoms with Crippen molar-refractivity contribution in [1.82, 2.24) is 23.9 Å². The van der Waals surface area contributed by atoms with E-state index in [2.05, 4.69) is 141 Å². The highest BCUT2D eigenvalue weighted by Crippen LogP contribution is 2.34. The smallest absolute Gasteiger partial charge is 0.220 e. The number of para-hydroxylation sites is 4. The molecular weight excluding hydrogens is 607 g/mol. The molecule has 0 atom stereocenters. The summed E-state index contributed by atoms with van der Waals surface area (Å²) in [5.74, 6) is 2.22. The summed E-state index contributed by atoms with van der Waals surface area (Å²) < 4.78 is 11.0. The lowest BCUT2D eigenvalue weighted by Gasteiger charge is -2.30. The zero-order valence-electron chi connectivity index (χ0n) is 25.7. The van der Waals surface area contributed by atoms with Crippen molar-refractivity contribution in [3.05, 3.63) is 164 Å². The van der Waals surface area contributed by atoms with E-state index in [0.29, 0.717) is 5.75 Å². The van der Waals surface area contributed by atoms with Crippen LogP contribution in [-0.4, -0.2) is 32.0 Å². The minimum Gasteiger partial charge on any atom is -0.456 e. The van der Waals surface area contributed by atoms with Crippen LogP contribution in [-0.2, 0) is 0 Å². The molecule has 0 saturated carbocycles. The normalized spacial score (nSPS) is 13.2. The average molecular weight is 634 g/mol. The van der Waals surface area contributed by atoms with E-state index in [1.165, 1.54) is 20.7 Å². The number of imidazole rings is 2. The largest absolute Gasteiger partial charge is 0.456 e. The minimum atomic E-state index is -2.60. The van der Waals surface area contributed by atoms with Crippen LogP contribution >= 0.6 is 0 Å². The standard InChI is InChI=1S/C41H27N5OSi/c1-3-12-31(13-4-1)48(32-14-5-2-6-15-32)38-22-21-29(25-33(38)40-39(48)20-11-23-43-40)47-30-24-28(26-42-27-30)45-36-18-9-10-19-37(36)46-35-17-8-7-16-34(35)44-41(45)46/h1-27H. The van der Waals surface area contributed by atoms with Crippen LogP contribution in [0.15, 0.2) is 164 Å². The van der Waals surface area contributed by atoms with Crippen molar-refractivity contribution in [2.24, 2.45) is 0 Å². The van der Waals surface area contributed by atoms with Gasteiger partial charge < -0.3 is 4.74 Å². The van der Waals surface area contributed by atoms with Gasteiger partial charge in [0.2, 0.25) is 5.78 Å². The van der Waals surface area contributed by atoms with E-state index in [1.807, 2.05) is 30.6 Å². The summed E-state index contributed by atoms with van der Waals surface area (Å²) >= 11 is 0. The Balaban J connectivity index is 1.11. The summed E-state index contributed by atoms with van der Waals surface area (Å²) in [5, 5.41) is 5.30. The van der Waals surface area contributed by atoms with Gasteiger partial charge in [-0.05, 0) is 63.2 Å². The highest BCUT2D eigenvalue weighted by atomic mass is 28.3. The monoisotopic (exact) mass is 633 g/mol. The summed E-state index contributed by atoms with van der Waals surface area (Å²) in [4.78, 5) is 14.6. The van der Waals surface area contributed by atoms with Gasteiger partial charge in [0.25, 0.3) is 0 Å². The maximum absolute atomic E-state index is 6.60. The molecule has 0 fully saturated rings. The SMILES string of the molecule is c1ccc([Si]2(c3ccccc3)c3ccc(Oc4cncc(-n5c6ccccc6n6c7ccccc7nc56)c4)cc3-c3ncccc32)cc1. The molecule has 48 heavy (non-hydrogen) atoms. The highest BCUT2D eigenvalue weighted by Gasteiger charge is 2.49. The number of aromatic nitrogens is 5. The van der Waals surface area contributed by atoms with Crippen LogP contribution in [0.25, 0.3) is 44.8 Å². The Labute approximate surface area is 277 Å². The number of ether oxygens (including phenoxy) is 1. The van der Waals surface area contributed by atoms with Crippen LogP contribution < -0.4 is 25.5 Å². The lowest BCUT2D eigenvalue weighted by Crippen LogP contribution is -2.72. The zero-order chi connectivity index (χ0) is 31.7. The Morgan fingerprint density at radius 3 is 2.06 bits per heavy atom.